The molecule has 2 aromatic carbocycles. The SMILES string of the molecule is CN(C)c1ccc(C=C(C#N)c2cc(F)ccc2F)cc1. The number of hydrogen-bond acceptors (Lipinski definition) is 2. The number of hydrogen-bond donors (Lipinski definition) is 0. The highest BCUT2D eigenvalue weighted by Gasteiger charge is 2.09. The maximum absolute atomic E-state index is 13.7. The molecule has 0 unspecified atom stereocenters. The van der Waals surface area contributed by atoms with E-state index in [2.05, 4.69) is 0 Å². The Kier molecular flexibility index (Phi) is 4.34. The molecule has 2 rings (SSSR count). The van der Waals surface area contributed by atoms with Crippen LogP contribution < -0.4 is 4.90 Å². The largest absolute Gasteiger partial charge is 0.378 e. The summed E-state index contributed by atoms with van der Waals surface area (Å²) in [5, 5.41) is 9.18. The van der Waals surface area contributed by atoms with Crippen LogP contribution in [0.3, 0.4) is 0 Å². The molecular formula is C17H14F2N2. The summed E-state index contributed by atoms with van der Waals surface area (Å²) >= 11 is 0. The standard InChI is InChI=1S/C17H14F2N2/c1-21(2)15-6-3-12(4-7-15)9-13(11-20)16-10-14(18)5-8-17(16)19/h3-10H,1-2H3. The predicted octanol–water partition coefficient (Wildman–Crippen LogP) is 4.09. The number of nitrogens with zero attached hydrogens (tertiary/aromatic N) is 2. The summed E-state index contributed by atoms with van der Waals surface area (Å²) in [6, 6.07) is 12.4. The fourth-order valence-corrected chi connectivity index (χ4v) is 1.91. The third-order valence-corrected chi connectivity index (χ3v) is 3.06. The van der Waals surface area contributed by atoms with Crippen molar-refractivity contribution in [2.24, 2.45) is 0 Å². The fraction of sp³-hybridized carbons (Fsp3) is 0.118. The van der Waals surface area contributed by atoms with Gasteiger partial charge >= 0.3 is 0 Å². The number of anilines is 1. The zero-order valence-electron chi connectivity index (χ0n) is 11.8. The van der Waals surface area contributed by atoms with E-state index in [0.29, 0.717) is 0 Å². The van der Waals surface area contributed by atoms with Gasteiger partial charge in [-0.25, -0.2) is 8.78 Å². The van der Waals surface area contributed by atoms with Gasteiger partial charge in [0.2, 0.25) is 0 Å². The fourth-order valence-electron chi connectivity index (χ4n) is 1.91. The maximum Gasteiger partial charge on any atom is 0.131 e. The molecule has 0 saturated heterocycles. The van der Waals surface area contributed by atoms with Crippen LogP contribution in [0.15, 0.2) is 42.5 Å². The van der Waals surface area contributed by atoms with E-state index in [1.165, 1.54) is 6.08 Å². The van der Waals surface area contributed by atoms with Crippen LogP contribution in [0.1, 0.15) is 11.1 Å². The van der Waals surface area contributed by atoms with Crippen LogP contribution in [0.2, 0.25) is 0 Å². The molecule has 0 aliphatic carbocycles. The molecule has 0 saturated carbocycles. The van der Waals surface area contributed by atoms with Gasteiger partial charge in [0.1, 0.15) is 11.6 Å². The summed E-state index contributed by atoms with van der Waals surface area (Å²) < 4.78 is 26.9. The zero-order valence-corrected chi connectivity index (χ0v) is 11.8. The lowest BCUT2D eigenvalue weighted by molar-refractivity contribution is 0.597. The molecule has 0 atom stereocenters. The quantitative estimate of drug-likeness (QED) is 0.627. The zero-order chi connectivity index (χ0) is 15.4. The van der Waals surface area contributed by atoms with Crippen molar-refractivity contribution in [3.63, 3.8) is 0 Å². The van der Waals surface area contributed by atoms with Gasteiger partial charge in [0, 0.05) is 25.3 Å². The smallest absolute Gasteiger partial charge is 0.131 e. The highest BCUT2D eigenvalue weighted by Crippen LogP contribution is 2.22. The van der Waals surface area contributed by atoms with Gasteiger partial charge in [0.15, 0.2) is 0 Å². The minimum atomic E-state index is -0.617. The highest BCUT2D eigenvalue weighted by molar-refractivity contribution is 5.89. The second kappa shape index (κ2) is 6.19. The van der Waals surface area contributed by atoms with Crippen LogP contribution in [-0.2, 0) is 0 Å². The van der Waals surface area contributed by atoms with E-state index in [9.17, 15) is 14.0 Å². The average molecular weight is 284 g/mol. The van der Waals surface area contributed by atoms with Crippen molar-refractivity contribution >= 4 is 17.3 Å². The molecule has 4 heteroatoms. The predicted molar refractivity (Wildman–Crippen MR) is 80.6 cm³/mol. The third-order valence-electron chi connectivity index (χ3n) is 3.06. The topological polar surface area (TPSA) is 27.0 Å². The summed E-state index contributed by atoms with van der Waals surface area (Å²) in [6.45, 7) is 0. The molecule has 0 spiro atoms. The Morgan fingerprint density at radius 3 is 2.33 bits per heavy atom. The van der Waals surface area contributed by atoms with Gasteiger partial charge in [-0.05, 0) is 42.0 Å². The van der Waals surface area contributed by atoms with Gasteiger partial charge in [-0.15, -0.1) is 0 Å². The van der Waals surface area contributed by atoms with Crippen molar-refractivity contribution < 1.29 is 8.78 Å². The monoisotopic (exact) mass is 284 g/mol. The van der Waals surface area contributed by atoms with Gasteiger partial charge in [-0.1, -0.05) is 12.1 Å². The Balaban J connectivity index is 2.41. The van der Waals surface area contributed by atoms with Crippen LogP contribution in [0.25, 0.3) is 11.6 Å². The summed E-state index contributed by atoms with van der Waals surface area (Å²) in [4.78, 5) is 1.95. The summed E-state index contributed by atoms with van der Waals surface area (Å²) in [5.41, 5.74) is 1.82. The van der Waals surface area contributed by atoms with Gasteiger partial charge in [0.25, 0.3) is 0 Å². The summed E-state index contributed by atoms with van der Waals surface area (Å²) in [6.07, 6.45) is 1.54. The van der Waals surface area contributed by atoms with Gasteiger partial charge < -0.3 is 4.90 Å². The lowest BCUT2D eigenvalue weighted by Gasteiger charge is -2.12. The molecule has 0 aliphatic rings. The number of nitriles is 1. The molecule has 0 N–H and O–H groups in total. The number of halogens is 2. The van der Waals surface area contributed by atoms with Crippen molar-refractivity contribution in [1.29, 1.82) is 5.26 Å². The number of allylic oxidation sites excluding steroid dienone is 1. The van der Waals surface area contributed by atoms with Crippen LogP contribution in [0, 0.1) is 23.0 Å². The van der Waals surface area contributed by atoms with E-state index in [0.717, 1.165) is 29.4 Å². The average Bonchev–Trinajstić information content (AvgIpc) is 2.48. The van der Waals surface area contributed by atoms with Crippen molar-refractivity contribution in [3.05, 3.63) is 65.2 Å². The number of benzene rings is 2. The van der Waals surface area contributed by atoms with Crippen LogP contribution in [0.4, 0.5) is 14.5 Å². The lowest BCUT2D eigenvalue weighted by Crippen LogP contribution is -2.07. The van der Waals surface area contributed by atoms with E-state index in [4.69, 9.17) is 0 Å². The Bertz CT molecular complexity index is 711. The first-order valence-corrected chi connectivity index (χ1v) is 6.36. The molecule has 0 radical (unpaired) electrons. The van der Waals surface area contributed by atoms with Crippen LogP contribution in [0.5, 0.6) is 0 Å². The summed E-state index contributed by atoms with van der Waals surface area (Å²) in [7, 11) is 3.85. The second-order valence-electron chi connectivity index (χ2n) is 4.78. The van der Waals surface area contributed by atoms with E-state index >= 15 is 0 Å². The molecule has 0 aliphatic heterocycles. The molecule has 2 nitrogen and oxygen atoms in total. The Labute approximate surface area is 122 Å². The molecule has 2 aromatic rings. The molecule has 0 amide bonds. The Morgan fingerprint density at radius 1 is 1.10 bits per heavy atom. The maximum atomic E-state index is 13.7. The first-order chi connectivity index (χ1) is 10.0. The number of rotatable bonds is 3. The molecule has 0 aromatic heterocycles. The van der Waals surface area contributed by atoms with Crippen molar-refractivity contribution in [1.82, 2.24) is 0 Å². The van der Waals surface area contributed by atoms with Crippen LogP contribution in [-0.4, -0.2) is 14.1 Å². The van der Waals surface area contributed by atoms with E-state index in [1.807, 2.05) is 49.3 Å². The third kappa shape index (κ3) is 3.46. The van der Waals surface area contributed by atoms with Gasteiger partial charge in [0.05, 0.1) is 11.6 Å². The molecule has 106 valence electrons. The normalized spacial score (nSPS) is 11.1. The Morgan fingerprint density at radius 2 is 1.76 bits per heavy atom. The first kappa shape index (κ1) is 14.7. The highest BCUT2D eigenvalue weighted by atomic mass is 19.1. The summed E-state index contributed by atoms with van der Waals surface area (Å²) in [5.74, 6) is -1.19. The minimum absolute atomic E-state index is 0.0332. The minimum Gasteiger partial charge on any atom is -0.378 e. The lowest BCUT2D eigenvalue weighted by atomic mass is 10.0. The van der Waals surface area contributed by atoms with Crippen molar-refractivity contribution in [2.45, 2.75) is 0 Å². The molecule has 0 bridgehead atoms. The Hall–Kier alpha value is -2.67. The molecule has 0 fully saturated rings. The van der Waals surface area contributed by atoms with Crippen molar-refractivity contribution in [3.8, 4) is 6.07 Å². The molecule has 0 heterocycles. The van der Waals surface area contributed by atoms with Crippen LogP contribution >= 0.6 is 0 Å². The van der Waals surface area contributed by atoms with E-state index in [1.54, 1.807) is 0 Å². The van der Waals surface area contributed by atoms with Gasteiger partial charge in [-0.2, -0.15) is 5.26 Å². The molecular weight excluding hydrogens is 270 g/mol. The van der Waals surface area contributed by atoms with E-state index in [-0.39, 0.29) is 11.1 Å². The van der Waals surface area contributed by atoms with Gasteiger partial charge in [-0.3, -0.25) is 0 Å². The first-order valence-electron chi connectivity index (χ1n) is 6.36. The van der Waals surface area contributed by atoms with E-state index < -0.39 is 11.6 Å². The van der Waals surface area contributed by atoms with Crippen molar-refractivity contribution in [2.75, 3.05) is 19.0 Å². The molecule has 21 heavy (non-hydrogen) atoms. The second-order valence-corrected chi connectivity index (χ2v) is 4.78.